The highest BCUT2D eigenvalue weighted by molar-refractivity contribution is 8.15. The van der Waals surface area contributed by atoms with E-state index in [-0.39, 0.29) is 16.4 Å². The third-order valence-corrected chi connectivity index (χ3v) is 4.50. The molecule has 7 nitrogen and oxygen atoms in total. The van der Waals surface area contributed by atoms with E-state index in [1.807, 2.05) is 36.4 Å². The molecule has 1 aromatic heterocycles. The second-order valence-corrected chi connectivity index (χ2v) is 6.61. The molecule has 1 aromatic carbocycles. The molecule has 1 saturated heterocycles. The van der Waals surface area contributed by atoms with Crippen LogP contribution in [-0.4, -0.2) is 40.8 Å². The first-order valence-electron chi connectivity index (χ1n) is 7.99. The summed E-state index contributed by atoms with van der Waals surface area (Å²) in [5.74, 6) is 0.470. The van der Waals surface area contributed by atoms with Gasteiger partial charge in [-0.1, -0.05) is 35.1 Å². The number of carbonyl (C=O) groups excluding carboxylic acids is 2. The Morgan fingerprint density at radius 3 is 2.73 bits per heavy atom. The number of hydrogen-bond donors (Lipinski definition) is 1. The van der Waals surface area contributed by atoms with Crippen LogP contribution in [-0.2, 0) is 16.1 Å². The maximum atomic E-state index is 11.6. The van der Waals surface area contributed by atoms with Gasteiger partial charge in [0.1, 0.15) is 12.4 Å². The van der Waals surface area contributed by atoms with Crippen LogP contribution in [0.3, 0.4) is 0 Å². The van der Waals surface area contributed by atoms with Crippen molar-refractivity contribution in [2.75, 3.05) is 13.2 Å². The quantitative estimate of drug-likeness (QED) is 0.435. The molecule has 0 spiro atoms. The zero-order chi connectivity index (χ0) is 18.2. The third kappa shape index (κ3) is 5.32. The summed E-state index contributed by atoms with van der Waals surface area (Å²) in [6.45, 7) is 0.679. The predicted octanol–water partition coefficient (Wildman–Crippen LogP) is 2.41. The van der Waals surface area contributed by atoms with Gasteiger partial charge in [-0.15, -0.1) is 0 Å². The minimum Gasteiger partial charge on any atom is -0.490 e. The fraction of sp³-hybridized carbons (Fsp3) is 0.222. The van der Waals surface area contributed by atoms with Crippen molar-refractivity contribution in [1.82, 2.24) is 10.3 Å². The number of rotatable bonds is 8. The zero-order valence-corrected chi connectivity index (χ0v) is 14.6. The molecule has 8 heteroatoms. The minimum atomic E-state index is -0.361. The van der Waals surface area contributed by atoms with Gasteiger partial charge in [-0.2, -0.15) is 0 Å². The van der Waals surface area contributed by atoms with Gasteiger partial charge >= 0.3 is 0 Å². The first kappa shape index (κ1) is 17.9. The van der Waals surface area contributed by atoms with E-state index in [1.165, 1.54) is 0 Å². The van der Waals surface area contributed by atoms with E-state index in [0.717, 1.165) is 22.9 Å². The van der Waals surface area contributed by atoms with Crippen molar-refractivity contribution in [3.63, 3.8) is 0 Å². The number of pyridine rings is 1. The number of carbonyl (C=O) groups is 2. The Hall–Kier alpha value is -2.87. The van der Waals surface area contributed by atoms with Crippen molar-refractivity contribution < 1.29 is 19.2 Å². The Morgan fingerprint density at radius 2 is 2.04 bits per heavy atom. The number of aromatic nitrogens is 1. The summed E-state index contributed by atoms with van der Waals surface area (Å²) in [6.07, 6.45) is 5.48. The molecule has 1 aliphatic heterocycles. The molecule has 2 amide bonds. The summed E-state index contributed by atoms with van der Waals surface area (Å²) in [6, 6.07) is 11.1. The SMILES string of the molecule is O=C1NC(=O)C(Cc2ccc(OCCON=Cc3cccnc3)cc2)S1. The molecule has 3 rings (SSSR count). The summed E-state index contributed by atoms with van der Waals surface area (Å²) in [4.78, 5) is 31.8. The van der Waals surface area contributed by atoms with Crippen LogP contribution in [0.4, 0.5) is 4.79 Å². The van der Waals surface area contributed by atoms with E-state index in [0.29, 0.717) is 25.4 Å². The second-order valence-electron chi connectivity index (χ2n) is 5.43. The number of imide groups is 1. The van der Waals surface area contributed by atoms with Crippen LogP contribution in [0, 0.1) is 0 Å². The van der Waals surface area contributed by atoms with Gasteiger partial charge in [0.25, 0.3) is 5.24 Å². The minimum absolute atomic E-state index is 0.232. The molecule has 1 aliphatic rings. The monoisotopic (exact) mass is 371 g/mol. The molecule has 1 unspecified atom stereocenters. The standard InChI is InChI=1S/C18H17N3O4S/c22-17-16(26-18(23)21-17)10-13-3-5-15(6-4-13)24-8-9-25-20-12-14-2-1-7-19-11-14/h1-7,11-12,16H,8-10H2,(H,21,22,23). The third-order valence-electron chi connectivity index (χ3n) is 3.52. The molecule has 1 fully saturated rings. The van der Waals surface area contributed by atoms with Crippen molar-refractivity contribution in [3.8, 4) is 5.75 Å². The first-order valence-corrected chi connectivity index (χ1v) is 8.87. The Balaban J connectivity index is 1.37. The highest BCUT2D eigenvalue weighted by atomic mass is 32.2. The van der Waals surface area contributed by atoms with E-state index >= 15 is 0 Å². The lowest BCUT2D eigenvalue weighted by atomic mass is 10.1. The maximum Gasteiger partial charge on any atom is 0.286 e. The van der Waals surface area contributed by atoms with Crippen LogP contribution < -0.4 is 10.1 Å². The number of nitrogens with one attached hydrogen (secondary N) is 1. The summed E-state index contributed by atoms with van der Waals surface area (Å²) in [5, 5.41) is 5.48. The molecule has 0 aliphatic carbocycles. The normalized spacial score (nSPS) is 16.7. The molecule has 0 bridgehead atoms. The van der Waals surface area contributed by atoms with Gasteiger partial charge in [-0.05, 0) is 30.2 Å². The number of ether oxygens (including phenoxy) is 1. The maximum absolute atomic E-state index is 11.6. The second kappa shape index (κ2) is 9.00. The van der Waals surface area contributed by atoms with Crippen molar-refractivity contribution >= 4 is 29.1 Å². The van der Waals surface area contributed by atoms with E-state index < -0.39 is 0 Å². The number of oxime groups is 1. The van der Waals surface area contributed by atoms with Crippen molar-refractivity contribution in [3.05, 3.63) is 59.9 Å². The molecule has 2 aromatic rings. The molecule has 1 N–H and O–H groups in total. The molecule has 134 valence electrons. The lowest BCUT2D eigenvalue weighted by Gasteiger charge is -2.08. The van der Waals surface area contributed by atoms with Crippen LogP contribution in [0.2, 0.25) is 0 Å². The van der Waals surface area contributed by atoms with Gasteiger partial charge in [0.15, 0.2) is 6.61 Å². The summed E-state index contributed by atoms with van der Waals surface area (Å²) < 4.78 is 5.57. The molecular formula is C18H17N3O4S. The summed E-state index contributed by atoms with van der Waals surface area (Å²) in [5.41, 5.74) is 1.83. The Labute approximate surface area is 154 Å². The molecule has 2 heterocycles. The topological polar surface area (TPSA) is 89.9 Å². The van der Waals surface area contributed by atoms with Gasteiger partial charge in [0.2, 0.25) is 5.91 Å². The highest BCUT2D eigenvalue weighted by Crippen LogP contribution is 2.23. The van der Waals surface area contributed by atoms with Crippen LogP contribution in [0.25, 0.3) is 0 Å². The first-order chi connectivity index (χ1) is 12.7. The van der Waals surface area contributed by atoms with Crippen molar-refractivity contribution in [2.45, 2.75) is 11.7 Å². The van der Waals surface area contributed by atoms with Crippen LogP contribution >= 0.6 is 11.8 Å². The molecule has 1 atom stereocenters. The van der Waals surface area contributed by atoms with Crippen LogP contribution in [0.15, 0.2) is 53.9 Å². The molecular weight excluding hydrogens is 354 g/mol. The lowest BCUT2D eigenvalue weighted by molar-refractivity contribution is -0.118. The Bertz CT molecular complexity index is 781. The largest absolute Gasteiger partial charge is 0.490 e. The Morgan fingerprint density at radius 1 is 1.19 bits per heavy atom. The van der Waals surface area contributed by atoms with E-state index in [1.54, 1.807) is 18.6 Å². The predicted molar refractivity (Wildman–Crippen MR) is 98.3 cm³/mol. The van der Waals surface area contributed by atoms with Crippen molar-refractivity contribution in [1.29, 1.82) is 0 Å². The number of amides is 2. The molecule has 26 heavy (non-hydrogen) atoms. The number of benzene rings is 1. The highest BCUT2D eigenvalue weighted by Gasteiger charge is 2.31. The molecule has 0 radical (unpaired) electrons. The van der Waals surface area contributed by atoms with Crippen molar-refractivity contribution in [2.24, 2.45) is 5.16 Å². The molecule has 0 saturated carbocycles. The van der Waals surface area contributed by atoms with E-state index in [4.69, 9.17) is 9.57 Å². The lowest BCUT2D eigenvalue weighted by Crippen LogP contribution is -2.25. The van der Waals surface area contributed by atoms with Crippen LogP contribution in [0.5, 0.6) is 5.75 Å². The average molecular weight is 371 g/mol. The number of nitrogens with zero attached hydrogens (tertiary/aromatic N) is 2. The Kier molecular flexibility index (Phi) is 6.21. The van der Waals surface area contributed by atoms with Gasteiger partial charge in [0, 0.05) is 18.0 Å². The van der Waals surface area contributed by atoms with Gasteiger partial charge in [-0.25, -0.2) is 0 Å². The average Bonchev–Trinajstić information content (AvgIpc) is 2.97. The zero-order valence-electron chi connectivity index (χ0n) is 13.8. The van der Waals surface area contributed by atoms with E-state index in [2.05, 4.69) is 15.5 Å². The fourth-order valence-electron chi connectivity index (χ4n) is 2.26. The smallest absolute Gasteiger partial charge is 0.286 e. The fourth-order valence-corrected chi connectivity index (χ4v) is 3.12. The van der Waals surface area contributed by atoms with Gasteiger partial charge in [-0.3, -0.25) is 19.9 Å². The van der Waals surface area contributed by atoms with Gasteiger partial charge < -0.3 is 9.57 Å². The number of thioether (sulfide) groups is 1. The summed E-state index contributed by atoms with van der Waals surface area (Å²) in [7, 11) is 0. The van der Waals surface area contributed by atoms with E-state index in [9.17, 15) is 9.59 Å². The van der Waals surface area contributed by atoms with Gasteiger partial charge in [0.05, 0.1) is 11.5 Å². The number of hydrogen-bond acceptors (Lipinski definition) is 7. The summed E-state index contributed by atoms with van der Waals surface area (Å²) >= 11 is 1.03. The van der Waals surface area contributed by atoms with Crippen LogP contribution in [0.1, 0.15) is 11.1 Å².